The molecule has 0 saturated heterocycles. The molecular formula is C14H15NO3. The predicted octanol–water partition coefficient (Wildman–Crippen LogP) is 3.22. The van der Waals surface area contributed by atoms with Crippen LogP contribution in [-0.4, -0.2) is 18.0 Å². The molecule has 0 unspecified atom stereocenters. The number of carbonyl (C=O) groups is 1. The number of hydrogen-bond donors (Lipinski definition) is 0. The largest absolute Gasteiger partial charge is 0.464 e. The molecule has 4 heteroatoms. The van der Waals surface area contributed by atoms with Gasteiger partial charge in [0.15, 0.2) is 0 Å². The van der Waals surface area contributed by atoms with Crippen LogP contribution in [0.5, 0.6) is 5.75 Å². The van der Waals surface area contributed by atoms with Crippen molar-refractivity contribution >= 4 is 6.09 Å². The molecule has 0 aliphatic heterocycles. The van der Waals surface area contributed by atoms with Crippen LogP contribution in [0.2, 0.25) is 0 Å². The predicted molar refractivity (Wildman–Crippen MR) is 67.4 cm³/mol. The molecule has 0 radical (unpaired) electrons. The Morgan fingerprint density at radius 2 is 1.94 bits per heavy atom. The van der Waals surface area contributed by atoms with Crippen LogP contribution in [0.1, 0.15) is 11.5 Å². The summed E-state index contributed by atoms with van der Waals surface area (Å²) < 4.78 is 10.6. The number of ether oxygens (including phenoxy) is 1. The van der Waals surface area contributed by atoms with Crippen LogP contribution in [0.4, 0.5) is 4.79 Å². The summed E-state index contributed by atoms with van der Waals surface area (Å²) >= 11 is 0. The number of carbonyl (C=O) groups excluding carboxylic acids is 1. The normalized spacial score (nSPS) is 10.1. The Hall–Kier alpha value is -2.23. The molecule has 4 nitrogen and oxygen atoms in total. The summed E-state index contributed by atoms with van der Waals surface area (Å²) in [6.07, 6.45) is -0.407. The number of amides is 1. The SMILES string of the molecule is Cc1ccc(CN(C)C(=O)Oc2ccccc2)o1. The van der Waals surface area contributed by atoms with Gasteiger partial charge in [-0.1, -0.05) is 18.2 Å². The van der Waals surface area contributed by atoms with Gasteiger partial charge in [0.25, 0.3) is 0 Å². The lowest BCUT2D eigenvalue weighted by Crippen LogP contribution is -2.29. The summed E-state index contributed by atoms with van der Waals surface area (Å²) in [7, 11) is 1.67. The zero-order valence-electron chi connectivity index (χ0n) is 10.4. The van der Waals surface area contributed by atoms with Crippen molar-refractivity contribution in [3.63, 3.8) is 0 Å². The molecule has 18 heavy (non-hydrogen) atoms. The van der Waals surface area contributed by atoms with E-state index >= 15 is 0 Å². The number of hydrogen-bond acceptors (Lipinski definition) is 3. The van der Waals surface area contributed by atoms with Crippen molar-refractivity contribution in [2.75, 3.05) is 7.05 Å². The molecule has 0 N–H and O–H groups in total. The Balaban J connectivity index is 1.93. The van der Waals surface area contributed by atoms with Gasteiger partial charge in [0, 0.05) is 7.05 Å². The summed E-state index contributed by atoms with van der Waals surface area (Å²) in [6, 6.07) is 12.7. The van der Waals surface area contributed by atoms with Gasteiger partial charge in [-0.3, -0.25) is 0 Å². The zero-order chi connectivity index (χ0) is 13.0. The average Bonchev–Trinajstić information content (AvgIpc) is 2.76. The van der Waals surface area contributed by atoms with E-state index < -0.39 is 6.09 Å². The molecule has 0 fully saturated rings. The molecule has 1 amide bonds. The van der Waals surface area contributed by atoms with Gasteiger partial charge in [-0.2, -0.15) is 0 Å². The fourth-order valence-electron chi connectivity index (χ4n) is 1.54. The fraction of sp³-hybridized carbons (Fsp3) is 0.214. The third-order valence-electron chi connectivity index (χ3n) is 2.45. The maximum atomic E-state index is 11.8. The minimum atomic E-state index is -0.407. The topological polar surface area (TPSA) is 42.7 Å². The minimum absolute atomic E-state index is 0.388. The van der Waals surface area contributed by atoms with E-state index in [0.717, 1.165) is 11.5 Å². The van der Waals surface area contributed by atoms with Crippen molar-refractivity contribution in [3.8, 4) is 5.75 Å². The van der Waals surface area contributed by atoms with Gasteiger partial charge in [-0.25, -0.2) is 4.79 Å². The molecule has 0 bridgehead atoms. The fourth-order valence-corrected chi connectivity index (χ4v) is 1.54. The standard InChI is InChI=1S/C14H15NO3/c1-11-8-9-13(17-11)10-15(2)14(16)18-12-6-4-3-5-7-12/h3-9H,10H2,1-2H3. The van der Waals surface area contributed by atoms with Crippen LogP contribution in [0, 0.1) is 6.92 Å². The molecule has 0 spiro atoms. The van der Waals surface area contributed by atoms with E-state index in [1.807, 2.05) is 37.3 Å². The Morgan fingerprint density at radius 3 is 2.56 bits per heavy atom. The summed E-state index contributed by atoms with van der Waals surface area (Å²) in [5.41, 5.74) is 0. The summed E-state index contributed by atoms with van der Waals surface area (Å²) in [6.45, 7) is 2.26. The molecule has 2 rings (SSSR count). The van der Waals surface area contributed by atoms with Crippen molar-refractivity contribution in [1.82, 2.24) is 4.90 Å². The molecule has 0 aliphatic rings. The maximum absolute atomic E-state index is 11.8. The molecule has 1 aromatic carbocycles. The first-order chi connectivity index (χ1) is 8.65. The second-order valence-electron chi connectivity index (χ2n) is 4.05. The Labute approximate surface area is 106 Å². The summed E-state index contributed by atoms with van der Waals surface area (Å²) in [5.74, 6) is 2.10. The molecule has 1 heterocycles. The molecule has 94 valence electrons. The van der Waals surface area contributed by atoms with Crippen LogP contribution in [0.15, 0.2) is 46.9 Å². The highest BCUT2D eigenvalue weighted by Crippen LogP contribution is 2.12. The first-order valence-corrected chi connectivity index (χ1v) is 5.68. The van der Waals surface area contributed by atoms with Gasteiger partial charge >= 0.3 is 6.09 Å². The van der Waals surface area contributed by atoms with Crippen LogP contribution >= 0.6 is 0 Å². The minimum Gasteiger partial charge on any atom is -0.464 e. The number of rotatable bonds is 3. The lowest BCUT2D eigenvalue weighted by atomic mass is 10.3. The van der Waals surface area contributed by atoms with E-state index in [0.29, 0.717) is 12.3 Å². The number of para-hydroxylation sites is 1. The molecular weight excluding hydrogens is 230 g/mol. The van der Waals surface area contributed by atoms with Crippen molar-refractivity contribution < 1.29 is 13.9 Å². The van der Waals surface area contributed by atoms with Gasteiger partial charge in [0.1, 0.15) is 17.3 Å². The molecule has 0 atom stereocenters. The second kappa shape index (κ2) is 5.40. The second-order valence-corrected chi connectivity index (χ2v) is 4.05. The van der Waals surface area contributed by atoms with Gasteiger partial charge in [0.2, 0.25) is 0 Å². The van der Waals surface area contributed by atoms with E-state index in [9.17, 15) is 4.79 Å². The lowest BCUT2D eigenvalue weighted by molar-refractivity contribution is 0.157. The van der Waals surface area contributed by atoms with Gasteiger partial charge in [-0.05, 0) is 31.2 Å². The third kappa shape index (κ3) is 3.13. The van der Waals surface area contributed by atoms with Gasteiger partial charge < -0.3 is 14.1 Å². The molecule has 0 saturated carbocycles. The number of benzene rings is 1. The van der Waals surface area contributed by atoms with Gasteiger partial charge in [-0.15, -0.1) is 0 Å². The number of furan rings is 1. The van der Waals surface area contributed by atoms with E-state index in [4.69, 9.17) is 9.15 Å². The number of nitrogens with zero attached hydrogens (tertiary/aromatic N) is 1. The monoisotopic (exact) mass is 245 g/mol. The average molecular weight is 245 g/mol. The van der Waals surface area contributed by atoms with Crippen LogP contribution < -0.4 is 4.74 Å². The van der Waals surface area contributed by atoms with E-state index in [2.05, 4.69) is 0 Å². The zero-order valence-corrected chi connectivity index (χ0v) is 10.4. The first-order valence-electron chi connectivity index (χ1n) is 5.68. The highest BCUT2D eigenvalue weighted by atomic mass is 16.6. The Bertz CT molecular complexity index is 519. The molecule has 1 aromatic heterocycles. The number of aryl methyl sites for hydroxylation is 1. The molecule has 2 aromatic rings. The highest BCUT2D eigenvalue weighted by Gasteiger charge is 2.13. The quantitative estimate of drug-likeness (QED) is 0.833. The maximum Gasteiger partial charge on any atom is 0.415 e. The highest BCUT2D eigenvalue weighted by molar-refractivity contribution is 5.70. The van der Waals surface area contributed by atoms with Crippen molar-refractivity contribution in [1.29, 1.82) is 0 Å². The molecule has 0 aliphatic carbocycles. The van der Waals surface area contributed by atoms with E-state index in [-0.39, 0.29) is 0 Å². The Kier molecular flexibility index (Phi) is 3.67. The van der Waals surface area contributed by atoms with Crippen LogP contribution in [-0.2, 0) is 6.54 Å². The van der Waals surface area contributed by atoms with Crippen LogP contribution in [0.25, 0.3) is 0 Å². The summed E-state index contributed by atoms with van der Waals surface area (Å²) in [5, 5.41) is 0. The van der Waals surface area contributed by atoms with E-state index in [1.54, 1.807) is 19.2 Å². The van der Waals surface area contributed by atoms with Gasteiger partial charge in [0.05, 0.1) is 6.54 Å². The lowest BCUT2D eigenvalue weighted by Gasteiger charge is -2.15. The van der Waals surface area contributed by atoms with Crippen molar-refractivity contribution in [2.45, 2.75) is 13.5 Å². The Morgan fingerprint density at radius 1 is 1.22 bits per heavy atom. The van der Waals surface area contributed by atoms with E-state index in [1.165, 1.54) is 4.90 Å². The smallest absolute Gasteiger partial charge is 0.415 e. The van der Waals surface area contributed by atoms with Crippen molar-refractivity contribution in [2.24, 2.45) is 0 Å². The third-order valence-corrected chi connectivity index (χ3v) is 2.45. The van der Waals surface area contributed by atoms with Crippen molar-refractivity contribution in [3.05, 3.63) is 54.0 Å². The first kappa shape index (κ1) is 12.2. The summed E-state index contributed by atoms with van der Waals surface area (Å²) in [4.78, 5) is 13.2. The van der Waals surface area contributed by atoms with Crippen LogP contribution in [0.3, 0.4) is 0 Å².